The fraction of sp³-hybridized carbons (Fsp3) is 0.500. The molecular formula is C14H19F2NO3S. The van der Waals surface area contributed by atoms with E-state index >= 15 is 0 Å². The largest absolute Gasteiger partial charge is 0.273 e. The van der Waals surface area contributed by atoms with Crippen molar-refractivity contribution in [3.8, 4) is 0 Å². The molecule has 1 amide bonds. The van der Waals surface area contributed by atoms with Crippen LogP contribution in [-0.4, -0.2) is 20.1 Å². The van der Waals surface area contributed by atoms with Gasteiger partial charge in [0.15, 0.2) is 0 Å². The maximum absolute atomic E-state index is 13.6. The summed E-state index contributed by atoms with van der Waals surface area (Å²) in [6.07, 6.45) is 0. The van der Waals surface area contributed by atoms with Gasteiger partial charge in [0, 0.05) is 11.6 Å². The molecule has 0 aromatic heterocycles. The van der Waals surface area contributed by atoms with Gasteiger partial charge in [0.2, 0.25) is 15.9 Å². The van der Waals surface area contributed by atoms with Gasteiger partial charge in [0.05, 0.1) is 11.7 Å². The molecule has 0 saturated carbocycles. The minimum atomic E-state index is -3.81. The molecule has 0 bridgehead atoms. The van der Waals surface area contributed by atoms with Crippen LogP contribution in [0.25, 0.3) is 0 Å². The maximum atomic E-state index is 13.6. The number of carbonyl (C=O) groups is 1. The van der Waals surface area contributed by atoms with Crippen LogP contribution in [0.5, 0.6) is 0 Å². The van der Waals surface area contributed by atoms with E-state index in [0.717, 1.165) is 12.1 Å². The van der Waals surface area contributed by atoms with Gasteiger partial charge in [0.25, 0.3) is 0 Å². The summed E-state index contributed by atoms with van der Waals surface area (Å²) in [4.78, 5) is 11.9. The van der Waals surface area contributed by atoms with Crippen molar-refractivity contribution in [3.05, 3.63) is 35.4 Å². The first-order valence-electron chi connectivity index (χ1n) is 6.40. The Morgan fingerprint density at radius 2 is 1.86 bits per heavy atom. The molecule has 1 aromatic carbocycles. The highest BCUT2D eigenvalue weighted by Crippen LogP contribution is 2.21. The Bertz CT molecular complexity index is 636. The molecule has 0 radical (unpaired) electrons. The summed E-state index contributed by atoms with van der Waals surface area (Å²) in [7, 11) is -3.81. The Balaban J connectivity index is 2.89. The molecule has 21 heavy (non-hydrogen) atoms. The Morgan fingerprint density at radius 1 is 1.29 bits per heavy atom. The summed E-state index contributed by atoms with van der Waals surface area (Å²) in [5, 5.41) is 0. The van der Waals surface area contributed by atoms with Crippen molar-refractivity contribution in [1.82, 2.24) is 4.72 Å². The predicted molar refractivity (Wildman–Crippen MR) is 76.2 cm³/mol. The molecule has 1 N–H and O–H groups in total. The third-order valence-electron chi connectivity index (χ3n) is 2.70. The van der Waals surface area contributed by atoms with E-state index in [1.54, 1.807) is 20.8 Å². The minimum absolute atomic E-state index is 0.0557. The minimum Gasteiger partial charge on any atom is -0.273 e. The van der Waals surface area contributed by atoms with Crippen molar-refractivity contribution >= 4 is 15.9 Å². The van der Waals surface area contributed by atoms with Crippen LogP contribution < -0.4 is 4.72 Å². The van der Waals surface area contributed by atoms with E-state index in [0.29, 0.717) is 6.07 Å². The molecule has 0 heterocycles. The summed E-state index contributed by atoms with van der Waals surface area (Å²) >= 11 is 0. The lowest BCUT2D eigenvalue weighted by Gasteiger charge is -2.19. The Kier molecular flexibility index (Phi) is 5.09. The number of sulfonamides is 1. The van der Waals surface area contributed by atoms with Gasteiger partial charge in [0.1, 0.15) is 11.6 Å². The van der Waals surface area contributed by atoms with Crippen LogP contribution in [0.15, 0.2) is 18.2 Å². The zero-order valence-corrected chi connectivity index (χ0v) is 13.2. The zero-order chi connectivity index (χ0) is 16.4. The monoisotopic (exact) mass is 319 g/mol. The van der Waals surface area contributed by atoms with Crippen molar-refractivity contribution in [2.75, 3.05) is 5.75 Å². The van der Waals surface area contributed by atoms with Crippen LogP contribution in [0.3, 0.4) is 0 Å². The van der Waals surface area contributed by atoms with Crippen LogP contribution in [0, 0.1) is 17.0 Å². The lowest BCUT2D eigenvalue weighted by Crippen LogP contribution is -2.38. The summed E-state index contributed by atoms with van der Waals surface area (Å²) in [6.45, 7) is 6.53. The molecule has 4 nitrogen and oxygen atoms in total. The molecule has 1 rings (SSSR count). The third kappa shape index (κ3) is 5.41. The third-order valence-corrected chi connectivity index (χ3v) is 4.46. The number of hydrogen-bond donors (Lipinski definition) is 1. The van der Waals surface area contributed by atoms with Crippen molar-refractivity contribution < 1.29 is 22.0 Å². The Morgan fingerprint density at radius 3 is 2.33 bits per heavy atom. The van der Waals surface area contributed by atoms with Crippen LogP contribution in [0.4, 0.5) is 8.78 Å². The van der Waals surface area contributed by atoms with Gasteiger partial charge in [-0.1, -0.05) is 26.8 Å². The Labute approximate surface area is 123 Å². The zero-order valence-electron chi connectivity index (χ0n) is 12.4. The van der Waals surface area contributed by atoms with E-state index < -0.39 is 38.9 Å². The summed E-state index contributed by atoms with van der Waals surface area (Å²) < 4.78 is 52.0. The quantitative estimate of drug-likeness (QED) is 0.927. The average molecular weight is 319 g/mol. The van der Waals surface area contributed by atoms with Gasteiger partial charge in [-0.3, -0.25) is 9.52 Å². The van der Waals surface area contributed by atoms with Crippen molar-refractivity contribution in [3.63, 3.8) is 0 Å². The van der Waals surface area contributed by atoms with Crippen LogP contribution >= 0.6 is 0 Å². The molecule has 7 heteroatoms. The molecule has 0 fully saturated rings. The van der Waals surface area contributed by atoms with Gasteiger partial charge in [-0.15, -0.1) is 0 Å². The average Bonchev–Trinajstić information content (AvgIpc) is 2.23. The number of halogens is 2. The second kappa shape index (κ2) is 6.09. The number of benzene rings is 1. The standard InChI is InChI=1S/C14H19F2NO3S/c1-9(11-6-5-10(15)7-12(11)16)13(18)17-21(19,20)8-14(2,3)4/h5-7,9H,8H2,1-4H3,(H,17,18)/t9-/m1/s1. The first-order chi connectivity index (χ1) is 9.41. The number of nitrogens with one attached hydrogen (secondary N) is 1. The van der Waals surface area contributed by atoms with Crippen molar-refractivity contribution in [2.45, 2.75) is 33.6 Å². The molecule has 1 aromatic rings. The summed E-state index contributed by atoms with van der Waals surface area (Å²) in [5.74, 6) is -3.76. The van der Waals surface area contributed by atoms with Gasteiger partial charge in [-0.05, 0) is 18.4 Å². The normalized spacial score (nSPS) is 13.8. The van der Waals surface area contributed by atoms with Gasteiger partial charge >= 0.3 is 0 Å². The van der Waals surface area contributed by atoms with Gasteiger partial charge in [-0.25, -0.2) is 17.2 Å². The summed E-state index contributed by atoms with van der Waals surface area (Å²) in [6, 6.07) is 2.81. The molecular weight excluding hydrogens is 300 g/mol. The van der Waals surface area contributed by atoms with E-state index in [2.05, 4.69) is 0 Å². The molecule has 0 spiro atoms. The highest BCUT2D eigenvalue weighted by molar-refractivity contribution is 7.90. The number of carbonyl (C=O) groups excluding carboxylic acids is 1. The van der Waals surface area contributed by atoms with E-state index in [1.165, 1.54) is 6.92 Å². The van der Waals surface area contributed by atoms with E-state index in [9.17, 15) is 22.0 Å². The fourth-order valence-electron chi connectivity index (χ4n) is 1.84. The van der Waals surface area contributed by atoms with Crippen LogP contribution in [0.2, 0.25) is 0 Å². The second-order valence-electron chi connectivity index (χ2n) is 6.17. The first kappa shape index (κ1) is 17.6. The number of amides is 1. The second-order valence-corrected chi connectivity index (χ2v) is 7.90. The highest BCUT2D eigenvalue weighted by Gasteiger charge is 2.27. The molecule has 0 unspecified atom stereocenters. The van der Waals surface area contributed by atoms with Gasteiger partial charge in [-0.2, -0.15) is 0 Å². The van der Waals surface area contributed by atoms with E-state index in [4.69, 9.17) is 0 Å². The van der Waals surface area contributed by atoms with E-state index in [1.807, 2.05) is 4.72 Å². The molecule has 118 valence electrons. The lowest BCUT2D eigenvalue weighted by atomic mass is 10.0. The van der Waals surface area contributed by atoms with Crippen molar-refractivity contribution in [1.29, 1.82) is 0 Å². The first-order valence-corrected chi connectivity index (χ1v) is 8.06. The summed E-state index contributed by atoms with van der Waals surface area (Å²) in [5.41, 5.74) is -0.573. The molecule has 0 saturated heterocycles. The molecule has 0 aliphatic carbocycles. The topological polar surface area (TPSA) is 63.2 Å². The Hall–Kier alpha value is -1.50. The molecule has 0 aliphatic rings. The fourth-order valence-corrected chi connectivity index (χ4v) is 3.54. The molecule has 0 aliphatic heterocycles. The van der Waals surface area contributed by atoms with Crippen LogP contribution in [-0.2, 0) is 14.8 Å². The number of rotatable bonds is 4. The lowest BCUT2D eigenvalue weighted by molar-refractivity contribution is -0.120. The predicted octanol–water partition coefficient (Wildman–Crippen LogP) is 2.56. The van der Waals surface area contributed by atoms with Crippen molar-refractivity contribution in [2.24, 2.45) is 5.41 Å². The smallest absolute Gasteiger partial charge is 0.240 e. The number of hydrogen-bond acceptors (Lipinski definition) is 3. The van der Waals surface area contributed by atoms with E-state index in [-0.39, 0.29) is 11.3 Å². The highest BCUT2D eigenvalue weighted by atomic mass is 32.2. The maximum Gasteiger partial charge on any atom is 0.240 e. The molecule has 1 atom stereocenters. The van der Waals surface area contributed by atoms with Crippen LogP contribution in [0.1, 0.15) is 39.2 Å². The SMILES string of the molecule is C[C@@H](C(=O)NS(=O)(=O)CC(C)(C)C)c1ccc(F)cc1F. The van der Waals surface area contributed by atoms with Gasteiger partial charge < -0.3 is 0 Å².